The lowest BCUT2D eigenvalue weighted by atomic mass is 10.0. The second-order valence-corrected chi connectivity index (χ2v) is 4.84. The number of aliphatic hydroxyl groups excluding tert-OH is 1. The van der Waals surface area contributed by atoms with Gasteiger partial charge in [-0.2, -0.15) is 0 Å². The molecule has 0 aromatic heterocycles. The van der Waals surface area contributed by atoms with Crippen molar-refractivity contribution >= 4 is 17.3 Å². The Kier molecular flexibility index (Phi) is 3.72. The molecule has 5 nitrogen and oxygen atoms in total. The summed E-state index contributed by atoms with van der Waals surface area (Å²) in [6.07, 6.45) is 2.91. The number of nitrogens with one attached hydrogen (secondary N) is 1. The molecule has 1 aromatic rings. The third-order valence-electron chi connectivity index (χ3n) is 3.45. The maximum Gasteiger partial charge on any atom is 0.251 e. The first-order chi connectivity index (χ1) is 8.60. The third kappa shape index (κ3) is 2.73. The van der Waals surface area contributed by atoms with E-state index in [0.29, 0.717) is 16.9 Å². The molecule has 98 valence electrons. The van der Waals surface area contributed by atoms with Gasteiger partial charge in [-0.1, -0.05) is 6.42 Å². The highest BCUT2D eigenvalue weighted by molar-refractivity contribution is 5.96. The SMILES string of the molecule is Nc1cc(N)cc(C(=O)NC2CCCC2CO)c1. The van der Waals surface area contributed by atoms with Crippen LogP contribution in [0.25, 0.3) is 0 Å². The fourth-order valence-corrected chi connectivity index (χ4v) is 2.50. The van der Waals surface area contributed by atoms with E-state index >= 15 is 0 Å². The minimum atomic E-state index is -0.181. The summed E-state index contributed by atoms with van der Waals surface area (Å²) in [6, 6.07) is 4.87. The molecule has 0 radical (unpaired) electrons. The van der Waals surface area contributed by atoms with Crippen LogP contribution < -0.4 is 16.8 Å². The summed E-state index contributed by atoms with van der Waals surface area (Å²) >= 11 is 0. The number of hydrogen-bond acceptors (Lipinski definition) is 4. The normalized spacial score (nSPS) is 22.9. The van der Waals surface area contributed by atoms with E-state index in [2.05, 4.69) is 5.32 Å². The van der Waals surface area contributed by atoms with Gasteiger partial charge >= 0.3 is 0 Å². The van der Waals surface area contributed by atoms with Crippen molar-refractivity contribution in [3.05, 3.63) is 23.8 Å². The first-order valence-electron chi connectivity index (χ1n) is 6.18. The maximum atomic E-state index is 12.1. The van der Waals surface area contributed by atoms with Gasteiger partial charge in [0, 0.05) is 35.5 Å². The number of anilines is 2. The number of carbonyl (C=O) groups excluding carboxylic acids is 1. The van der Waals surface area contributed by atoms with E-state index in [9.17, 15) is 9.90 Å². The van der Waals surface area contributed by atoms with Gasteiger partial charge in [-0.3, -0.25) is 4.79 Å². The number of benzene rings is 1. The van der Waals surface area contributed by atoms with E-state index in [4.69, 9.17) is 11.5 Å². The van der Waals surface area contributed by atoms with E-state index in [-0.39, 0.29) is 24.5 Å². The Bertz CT molecular complexity index is 428. The van der Waals surface area contributed by atoms with E-state index in [1.165, 1.54) is 0 Å². The second-order valence-electron chi connectivity index (χ2n) is 4.84. The van der Waals surface area contributed by atoms with Crippen LogP contribution in [-0.4, -0.2) is 23.7 Å². The number of carbonyl (C=O) groups is 1. The highest BCUT2D eigenvalue weighted by Crippen LogP contribution is 2.25. The molecule has 6 N–H and O–H groups in total. The van der Waals surface area contributed by atoms with Crippen LogP contribution in [-0.2, 0) is 0 Å². The van der Waals surface area contributed by atoms with Crippen LogP contribution in [0.3, 0.4) is 0 Å². The fraction of sp³-hybridized carbons (Fsp3) is 0.462. The number of hydrogen-bond donors (Lipinski definition) is 4. The van der Waals surface area contributed by atoms with Crippen molar-refractivity contribution in [3.63, 3.8) is 0 Å². The van der Waals surface area contributed by atoms with E-state index in [1.807, 2.05) is 0 Å². The Morgan fingerprint density at radius 3 is 2.56 bits per heavy atom. The van der Waals surface area contributed by atoms with E-state index in [0.717, 1.165) is 19.3 Å². The van der Waals surface area contributed by atoms with Crippen LogP contribution >= 0.6 is 0 Å². The van der Waals surface area contributed by atoms with Gasteiger partial charge in [0.05, 0.1) is 0 Å². The molecule has 18 heavy (non-hydrogen) atoms. The van der Waals surface area contributed by atoms with E-state index < -0.39 is 0 Å². The molecule has 0 bridgehead atoms. The molecular formula is C13H19N3O2. The zero-order valence-electron chi connectivity index (χ0n) is 10.2. The molecule has 5 heteroatoms. The first kappa shape index (κ1) is 12.7. The van der Waals surface area contributed by atoms with Crippen molar-refractivity contribution in [1.82, 2.24) is 5.32 Å². The molecule has 0 spiro atoms. The third-order valence-corrected chi connectivity index (χ3v) is 3.45. The Balaban J connectivity index is 2.07. The van der Waals surface area contributed by atoms with Crippen molar-refractivity contribution in [2.24, 2.45) is 5.92 Å². The molecule has 2 atom stereocenters. The summed E-state index contributed by atoms with van der Waals surface area (Å²) in [5.41, 5.74) is 12.7. The Hall–Kier alpha value is -1.75. The topological polar surface area (TPSA) is 101 Å². The predicted octanol–water partition coefficient (Wildman–Crippen LogP) is 0.742. The number of amides is 1. The number of aliphatic hydroxyl groups is 1. The summed E-state index contributed by atoms with van der Waals surface area (Å²) in [5, 5.41) is 12.2. The molecule has 1 amide bonds. The van der Waals surface area contributed by atoms with Gasteiger partial charge in [-0.15, -0.1) is 0 Å². The lowest BCUT2D eigenvalue weighted by Gasteiger charge is -2.19. The van der Waals surface area contributed by atoms with Crippen LogP contribution in [0, 0.1) is 5.92 Å². The first-order valence-corrected chi connectivity index (χ1v) is 6.18. The molecule has 1 fully saturated rings. The quantitative estimate of drug-likeness (QED) is 0.593. The molecule has 1 saturated carbocycles. The summed E-state index contributed by atoms with van der Waals surface area (Å²) in [7, 11) is 0. The van der Waals surface area contributed by atoms with Crippen LogP contribution in [0.1, 0.15) is 29.6 Å². The van der Waals surface area contributed by atoms with Gasteiger partial charge in [-0.05, 0) is 31.0 Å². The molecule has 2 unspecified atom stereocenters. The zero-order chi connectivity index (χ0) is 13.1. The minimum Gasteiger partial charge on any atom is -0.399 e. The molecule has 1 aliphatic rings. The zero-order valence-corrected chi connectivity index (χ0v) is 10.2. The largest absolute Gasteiger partial charge is 0.399 e. The van der Waals surface area contributed by atoms with Crippen LogP contribution in [0.5, 0.6) is 0 Å². The summed E-state index contributed by atoms with van der Waals surface area (Å²) < 4.78 is 0. The lowest BCUT2D eigenvalue weighted by Crippen LogP contribution is -2.38. The van der Waals surface area contributed by atoms with E-state index in [1.54, 1.807) is 18.2 Å². The maximum absolute atomic E-state index is 12.1. The monoisotopic (exact) mass is 249 g/mol. The fourth-order valence-electron chi connectivity index (χ4n) is 2.50. The van der Waals surface area contributed by atoms with Gasteiger partial charge in [0.25, 0.3) is 5.91 Å². The Labute approximate surface area is 106 Å². The van der Waals surface area contributed by atoms with Crippen LogP contribution in [0.15, 0.2) is 18.2 Å². The van der Waals surface area contributed by atoms with Gasteiger partial charge in [0.2, 0.25) is 0 Å². The van der Waals surface area contributed by atoms with Gasteiger partial charge < -0.3 is 21.9 Å². The van der Waals surface area contributed by atoms with Crippen molar-refractivity contribution < 1.29 is 9.90 Å². The number of nitrogen functional groups attached to an aromatic ring is 2. The summed E-state index contributed by atoms with van der Waals surface area (Å²) in [6.45, 7) is 0.115. The highest BCUT2D eigenvalue weighted by atomic mass is 16.3. The number of rotatable bonds is 3. The summed E-state index contributed by atoms with van der Waals surface area (Å²) in [4.78, 5) is 12.1. The van der Waals surface area contributed by atoms with Crippen molar-refractivity contribution in [3.8, 4) is 0 Å². The predicted molar refractivity (Wildman–Crippen MR) is 70.9 cm³/mol. The van der Waals surface area contributed by atoms with Crippen LogP contribution in [0.2, 0.25) is 0 Å². The average molecular weight is 249 g/mol. The van der Waals surface area contributed by atoms with Crippen molar-refractivity contribution in [2.75, 3.05) is 18.1 Å². The lowest BCUT2D eigenvalue weighted by molar-refractivity contribution is 0.0916. The average Bonchev–Trinajstić information content (AvgIpc) is 2.75. The highest BCUT2D eigenvalue weighted by Gasteiger charge is 2.28. The summed E-state index contributed by atoms with van der Waals surface area (Å²) in [5.74, 6) is -0.0216. The van der Waals surface area contributed by atoms with Gasteiger partial charge in [-0.25, -0.2) is 0 Å². The van der Waals surface area contributed by atoms with Crippen molar-refractivity contribution in [1.29, 1.82) is 0 Å². The Morgan fingerprint density at radius 1 is 1.28 bits per heavy atom. The molecule has 2 rings (SSSR count). The Morgan fingerprint density at radius 2 is 1.94 bits per heavy atom. The van der Waals surface area contributed by atoms with Gasteiger partial charge in [0.1, 0.15) is 0 Å². The molecule has 1 aromatic carbocycles. The smallest absolute Gasteiger partial charge is 0.251 e. The molecule has 0 aliphatic heterocycles. The molecule has 0 saturated heterocycles. The second kappa shape index (κ2) is 5.27. The van der Waals surface area contributed by atoms with Crippen molar-refractivity contribution in [2.45, 2.75) is 25.3 Å². The molecule has 1 aliphatic carbocycles. The molecular weight excluding hydrogens is 230 g/mol. The molecule has 0 heterocycles. The van der Waals surface area contributed by atoms with Gasteiger partial charge in [0.15, 0.2) is 0 Å². The van der Waals surface area contributed by atoms with Crippen LogP contribution in [0.4, 0.5) is 11.4 Å². The minimum absolute atomic E-state index is 0.0464. The standard InChI is InChI=1S/C13H19N3O2/c14-10-4-9(5-11(15)6-10)13(18)16-12-3-1-2-8(12)7-17/h4-6,8,12,17H,1-3,7,14-15H2,(H,16,18). The number of nitrogens with two attached hydrogens (primary N) is 2.